The zero-order valence-electron chi connectivity index (χ0n) is 17.0. The zero-order chi connectivity index (χ0) is 21.3. The lowest BCUT2D eigenvalue weighted by Crippen LogP contribution is -2.27. The van der Waals surface area contributed by atoms with Crippen LogP contribution in [0, 0.1) is 12.8 Å². The van der Waals surface area contributed by atoms with Crippen LogP contribution >= 0.6 is 0 Å². The van der Waals surface area contributed by atoms with E-state index >= 15 is 0 Å². The molecule has 2 aromatic rings. The Bertz CT molecular complexity index is 1040. The van der Waals surface area contributed by atoms with Crippen molar-refractivity contribution >= 4 is 33.0 Å². The Morgan fingerprint density at radius 3 is 2.40 bits per heavy atom. The number of hydrogen-bond acceptors (Lipinski definition) is 6. The van der Waals surface area contributed by atoms with E-state index in [1.54, 1.807) is 36.7 Å². The molecule has 158 valence electrons. The fourth-order valence-corrected chi connectivity index (χ4v) is 5.49. The summed E-state index contributed by atoms with van der Waals surface area (Å²) in [4.78, 5) is 35.0. The van der Waals surface area contributed by atoms with E-state index in [0.29, 0.717) is 43.6 Å². The quantitative estimate of drug-likeness (QED) is 0.670. The number of sulfone groups is 1. The molecule has 0 N–H and O–H groups in total. The van der Waals surface area contributed by atoms with Crippen molar-refractivity contribution in [2.24, 2.45) is 5.92 Å². The van der Waals surface area contributed by atoms with Gasteiger partial charge in [-0.25, -0.2) is 13.4 Å². The van der Waals surface area contributed by atoms with Gasteiger partial charge in [0.2, 0.25) is 5.91 Å². The molecule has 1 aromatic carbocycles. The van der Waals surface area contributed by atoms with E-state index in [0.717, 1.165) is 12.1 Å². The van der Waals surface area contributed by atoms with Crippen molar-refractivity contribution in [3.05, 3.63) is 42.4 Å². The minimum absolute atomic E-state index is 0.148. The van der Waals surface area contributed by atoms with E-state index in [-0.39, 0.29) is 34.2 Å². The summed E-state index contributed by atoms with van der Waals surface area (Å²) in [6.07, 6.45) is 7.47. The lowest BCUT2D eigenvalue weighted by molar-refractivity contribution is -0.119. The first-order valence-electron chi connectivity index (χ1n) is 10.3. The van der Waals surface area contributed by atoms with Gasteiger partial charge in [-0.1, -0.05) is 0 Å². The SMILES string of the molecule is Cc1cnc(N(C(=O)CCC2CCC(=O)C2)c2ccc(S(=O)(=O)C3CC3)cc2)cn1. The van der Waals surface area contributed by atoms with Gasteiger partial charge in [-0.3, -0.25) is 19.5 Å². The number of Topliss-reactive ketones (excluding diaryl/α,β-unsaturated/α-hetero) is 1. The van der Waals surface area contributed by atoms with Crippen molar-refractivity contribution in [3.63, 3.8) is 0 Å². The monoisotopic (exact) mass is 427 g/mol. The average molecular weight is 428 g/mol. The number of ketones is 1. The summed E-state index contributed by atoms with van der Waals surface area (Å²) in [5, 5.41) is -0.279. The molecule has 2 aliphatic carbocycles. The molecule has 30 heavy (non-hydrogen) atoms. The van der Waals surface area contributed by atoms with E-state index in [4.69, 9.17) is 0 Å². The van der Waals surface area contributed by atoms with Gasteiger partial charge in [0.25, 0.3) is 0 Å². The first kappa shape index (κ1) is 20.7. The average Bonchev–Trinajstić information content (AvgIpc) is 3.51. The third-order valence-electron chi connectivity index (χ3n) is 5.75. The van der Waals surface area contributed by atoms with Gasteiger partial charge < -0.3 is 0 Å². The maximum absolute atomic E-state index is 13.1. The van der Waals surface area contributed by atoms with Gasteiger partial charge in [0, 0.05) is 19.3 Å². The second kappa shape index (κ2) is 8.26. The Hall–Kier alpha value is -2.61. The minimum atomic E-state index is -3.29. The third-order valence-corrected chi connectivity index (χ3v) is 8.02. The van der Waals surface area contributed by atoms with Crippen molar-refractivity contribution in [3.8, 4) is 0 Å². The smallest absolute Gasteiger partial charge is 0.232 e. The first-order chi connectivity index (χ1) is 14.3. The fourth-order valence-electron chi connectivity index (χ4n) is 3.84. The van der Waals surface area contributed by atoms with Crippen molar-refractivity contribution in [1.29, 1.82) is 0 Å². The second-order valence-corrected chi connectivity index (χ2v) is 10.4. The molecular weight excluding hydrogens is 402 g/mol. The molecule has 2 saturated carbocycles. The van der Waals surface area contributed by atoms with E-state index in [2.05, 4.69) is 9.97 Å². The Kier molecular flexibility index (Phi) is 5.69. The predicted molar refractivity (Wildman–Crippen MR) is 112 cm³/mol. The van der Waals surface area contributed by atoms with Crippen molar-refractivity contribution in [2.45, 2.75) is 62.0 Å². The molecule has 1 unspecified atom stereocenters. The normalized spacial score (nSPS) is 19.1. The van der Waals surface area contributed by atoms with E-state index < -0.39 is 9.84 Å². The number of amides is 1. The number of hydrogen-bond donors (Lipinski definition) is 0. The van der Waals surface area contributed by atoms with Gasteiger partial charge in [-0.05, 0) is 62.8 Å². The van der Waals surface area contributed by atoms with Crippen LogP contribution in [0.3, 0.4) is 0 Å². The molecule has 2 aliphatic rings. The van der Waals surface area contributed by atoms with Crippen LogP contribution in [-0.4, -0.2) is 35.3 Å². The van der Waals surface area contributed by atoms with E-state index in [1.807, 2.05) is 6.92 Å². The third kappa shape index (κ3) is 4.43. The molecule has 4 rings (SSSR count). The summed E-state index contributed by atoms with van der Waals surface area (Å²) < 4.78 is 24.9. The first-order valence-corrected chi connectivity index (χ1v) is 11.9. The summed E-state index contributed by atoms with van der Waals surface area (Å²) in [5.74, 6) is 0.760. The minimum Gasteiger partial charge on any atom is -0.300 e. The largest absolute Gasteiger partial charge is 0.300 e. The molecule has 0 radical (unpaired) electrons. The molecule has 8 heteroatoms. The molecule has 0 bridgehead atoms. The molecule has 2 fully saturated rings. The molecule has 7 nitrogen and oxygen atoms in total. The Morgan fingerprint density at radius 1 is 1.10 bits per heavy atom. The van der Waals surface area contributed by atoms with Crippen LogP contribution < -0.4 is 4.90 Å². The lowest BCUT2D eigenvalue weighted by atomic mass is 10.0. The highest BCUT2D eigenvalue weighted by atomic mass is 32.2. The van der Waals surface area contributed by atoms with Gasteiger partial charge >= 0.3 is 0 Å². The Labute approximate surface area is 176 Å². The number of anilines is 2. The summed E-state index contributed by atoms with van der Waals surface area (Å²) >= 11 is 0. The number of nitrogens with zero attached hydrogens (tertiary/aromatic N) is 3. The summed E-state index contributed by atoms with van der Waals surface area (Å²) in [7, 11) is -3.29. The van der Waals surface area contributed by atoms with Crippen LogP contribution in [0.5, 0.6) is 0 Å². The highest BCUT2D eigenvalue weighted by Crippen LogP contribution is 2.35. The van der Waals surface area contributed by atoms with Gasteiger partial charge in [-0.2, -0.15) is 0 Å². The van der Waals surface area contributed by atoms with Crippen LogP contribution in [0.15, 0.2) is 41.6 Å². The maximum Gasteiger partial charge on any atom is 0.232 e. The van der Waals surface area contributed by atoms with Crippen molar-refractivity contribution < 1.29 is 18.0 Å². The Balaban J connectivity index is 1.57. The van der Waals surface area contributed by atoms with Gasteiger partial charge in [0.15, 0.2) is 15.7 Å². The van der Waals surface area contributed by atoms with E-state index in [9.17, 15) is 18.0 Å². The molecule has 1 aromatic heterocycles. The predicted octanol–water partition coefficient (Wildman–Crippen LogP) is 3.54. The molecule has 1 amide bonds. The summed E-state index contributed by atoms with van der Waals surface area (Å²) in [6.45, 7) is 1.82. The molecular formula is C22H25N3O4S. The number of aryl methyl sites for hydroxylation is 1. The topological polar surface area (TPSA) is 97.3 Å². The summed E-state index contributed by atoms with van der Waals surface area (Å²) in [6, 6.07) is 6.41. The van der Waals surface area contributed by atoms with Crippen LogP contribution in [0.2, 0.25) is 0 Å². The van der Waals surface area contributed by atoms with Crippen LogP contribution in [-0.2, 0) is 19.4 Å². The number of benzene rings is 1. The Morgan fingerprint density at radius 2 is 1.83 bits per heavy atom. The summed E-state index contributed by atoms with van der Waals surface area (Å²) in [5.41, 5.74) is 1.29. The van der Waals surface area contributed by atoms with E-state index in [1.165, 1.54) is 4.90 Å². The van der Waals surface area contributed by atoms with Gasteiger partial charge in [-0.15, -0.1) is 0 Å². The molecule has 0 saturated heterocycles. The molecule has 0 aliphatic heterocycles. The lowest BCUT2D eigenvalue weighted by Gasteiger charge is -2.22. The molecule has 1 heterocycles. The van der Waals surface area contributed by atoms with Crippen molar-refractivity contribution in [2.75, 3.05) is 4.90 Å². The van der Waals surface area contributed by atoms with Crippen LogP contribution in [0.1, 0.15) is 50.6 Å². The molecule has 0 spiro atoms. The van der Waals surface area contributed by atoms with Crippen molar-refractivity contribution in [1.82, 2.24) is 9.97 Å². The number of carbonyl (C=O) groups excluding carboxylic acids is 2. The molecule has 1 atom stereocenters. The second-order valence-electron chi connectivity index (χ2n) is 8.17. The van der Waals surface area contributed by atoms with Gasteiger partial charge in [0.05, 0.1) is 33.9 Å². The number of rotatable bonds is 7. The van der Waals surface area contributed by atoms with Crippen LogP contribution in [0.25, 0.3) is 0 Å². The fraction of sp³-hybridized carbons (Fsp3) is 0.455. The standard InChI is InChI=1S/C22H25N3O4S/c1-15-13-24-21(14-23-15)25(22(27)11-3-16-2-6-18(26)12-16)17-4-7-19(8-5-17)30(28,29)20-9-10-20/h4-5,7-8,13-14,16,20H,2-3,6,9-12H2,1H3. The van der Waals surface area contributed by atoms with Crippen LogP contribution in [0.4, 0.5) is 11.5 Å². The number of aromatic nitrogens is 2. The van der Waals surface area contributed by atoms with Gasteiger partial charge in [0.1, 0.15) is 5.78 Å². The maximum atomic E-state index is 13.1. The zero-order valence-corrected chi connectivity index (χ0v) is 17.8. The highest BCUT2D eigenvalue weighted by molar-refractivity contribution is 7.92. The number of carbonyl (C=O) groups is 2. The highest BCUT2D eigenvalue weighted by Gasteiger charge is 2.37.